The van der Waals surface area contributed by atoms with Crippen molar-refractivity contribution in [1.29, 1.82) is 0 Å². The fraction of sp³-hybridized carbons (Fsp3) is 0.556. The van der Waals surface area contributed by atoms with Gasteiger partial charge in [-0.15, -0.1) is 0 Å². The van der Waals surface area contributed by atoms with E-state index in [0.717, 1.165) is 5.56 Å². The molecular weight excluding hydrogens is 324 g/mol. The number of aliphatic hydroxyl groups excluding tert-OH is 1. The Balaban J connectivity index is 1.98. The fourth-order valence-corrected chi connectivity index (χ4v) is 3.06. The van der Waals surface area contributed by atoms with E-state index in [0.29, 0.717) is 25.3 Å². The van der Waals surface area contributed by atoms with Crippen LogP contribution < -0.4 is 10.1 Å². The molecule has 1 aliphatic heterocycles. The molecule has 0 aromatic heterocycles. The maximum atomic E-state index is 12.6. The lowest BCUT2D eigenvalue weighted by Gasteiger charge is -2.38. The Hall–Kier alpha value is -2.12. The van der Waals surface area contributed by atoms with Crippen LogP contribution in [0.15, 0.2) is 24.3 Å². The molecule has 25 heavy (non-hydrogen) atoms. The van der Waals surface area contributed by atoms with Crippen molar-refractivity contribution < 1.29 is 24.2 Å². The van der Waals surface area contributed by atoms with Gasteiger partial charge in [-0.25, -0.2) is 0 Å². The molecule has 0 bridgehead atoms. The van der Waals surface area contributed by atoms with Gasteiger partial charge in [0.1, 0.15) is 12.4 Å². The number of aliphatic hydroxyl groups is 1. The highest BCUT2D eigenvalue weighted by Crippen LogP contribution is 2.19. The lowest BCUT2D eigenvalue weighted by atomic mass is 9.91. The molecule has 1 aliphatic rings. The summed E-state index contributed by atoms with van der Waals surface area (Å²) in [7, 11) is 3.04. The Labute approximate surface area is 147 Å². The molecule has 0 aliphatic carbocycles. The molecule has 0 saturated carbocycles. The number of hydrogen-bond donors (Lipinski definition) is 2. The number of carbonyl (C=O) groups excluding carboxylic acids is 2. The van der Waals surface area contributed by atoms with E-state index in [9.17, 15) is 14.7 Å². The Morgan fingerprint density at radius 1 is 1.36 bits per heavy atom. The van der Waals surface area contributed by atoms with E-state index in [1.807, 2.05) is 24.3 Å². The summed E-state index contributed by atoms with van der Waals surface area (Å²) >= 11 is 0. The molecule has 1 saturated heterocycles. The Bertz CT molecular complexity index is 593. The van der Waals surface area contributed by atoms with E-state index in [1.165, 1.54) is 7.11 Å². The number of nitrogens with zero attached hydrogens (tertiary/aromatic N) is 1. The third kappa shape index (κ3) is 5.44. The molecule has 2 N–H and O–H groups in total. The molecule has 138 valence electrons. The average molecular weight is 350 g/mol. The zero-order chi connectivity index (χ0) is 18.2. The lowest BCUT2D eigenvalue weighted by Crippen LogP contribution is -2.55. The van der Waals surface area contributed by atoms with Crippen molar-refractivity contribution in [2.45, 2.75) is 18.9 Å². The van der Waals surface area contributed by atoms with Crippen molar-refractivity contribution in [3.8, 4) is 5.75 Å². The van der Waals surface area contributed by atoms with Crippen LogP contribution in [0.3, 0.4) is 0 Å². The SMILES string of the molecule is COCC(=O)N[C@@H]1CN(C(=O)Cc2cccc(OC)c2)CC[C@@H]1CO. The van der Waals surface area contributed by atoms with Crippen LogP contribution >= 0.6 is 0 Å². The minimum absolute atomic E-state index is 0.00404. The molecule has 1 fully saturated rings. The molecule has 0 radical (unpaired) electrons. The van der Waals surface area contributed by atoms with Crippen LogP contribution in [0.1, 0.15) is 12.0 Å². The smallest absolute Gasteiger partial charge is 0.246 e. The summed E-state index contributed by atoms with van der Waals surface area (Å²) in [5.41, 5.74) is 0.883. The highest BCUT2D eigenvalue weighted by molar-refractivity contribution is 5.80. The fourth-order valence-electron chi connectivity index (χ4n) is 3.06. The van der Waals surface area contributed by atoms with Crippen LogP contribution in [-0.4, -0.2) is 68.4 Å². The number of methoxy groups -OCH3 is 2. The van der Waals surface area contributed by atoms with Gasteiger partial charge >= 0.3 is 0 Å². The summed E-state index contributed by atoms with van der Waals surface area (Å²) in [5, 5.41) is 12.4. The van der Waals surface area contributed by atoms with Gasteiger partial charge in [0, 0.05) is 32.7 Å². The van der Waals surface area contributed by atoms with Gasteiger partial charge < -0.3 is 24.8 Å². The van der Waals surface area contributed by atoms with Gasteiger partial charge in [0.05, 0.1) is 19.6 Å². The van der Waals surface area contributed by atoms with Gasteiger partial charge in [0.2, 0.25) is 11.8 Å². The second-order valence-electron chi connectivity index (χ2n) is 6.21. The topological polar surface area (TPSA) is 88.1 Å². The van der Waals surface area contributed by atoms with Crippen LogP contribution in [0, 0.1) is 5.92 Å². The molecule has 7 nitrogen and oxygen atoms in total. The first-order valence-corrected chi connectivity index (χ1v) is 8.37. The zero-order valence-electron chi connectivity index (χ0n) is 14.7. The molecule has 7 heteroatoms. The van der Waals surface area contributed by atoms with Crippen molar-refractivity contribution in [3.63, 3.8) is 0 Å². The molecule has 1 aromatic carbocycles. The molecule has 2 amide bonds. The predicted molar refractivity (Wildman–Crippen MR) is 92.3 cm³/mol. The zero-order valence-corrected chi connectivity index (χ0v) is 14.7. The van der Waals surface area contributed by atoms with E-state index in [1.54, 1.807) is 12.0 Å². The Morgan fingerprint density at radius 3 is 2.84 bits per heavy atom. The minimum Gasteiger partial charge on any atom is -0.497 e. The van der Waals surface area contributed by atoms with Crippen molar-refractivity contribution in [2.75, 3.05) is 40.5 Å². The number of carbonyl (C=O) groups is 2. The molecular formula is C18H26N2O5. The predicted octanol–water partition coefficient (Wildman–Crippen LogP) is 0.210. The number of ether oxygens (including phenoxy) is 2. The van der Waals surface area contributed by atoms with Crippen LogP contribution in [0.5, 0.6) is 5.75 Å². The molecule has 2 rings (SSSR count). The van der Waals surface area contributed by atoms with Gasteiger partial charge in [0.15, 0.2) is 0 Å². The van der Waals surface area contributed by atoms with E-state index in [4.69, 9.17) is 9.47 Å². The first-order valence-electron chi connectivity index (χ1n) is 8.37. The largest absolute Gasteiger partial charge is 0.497 e. The number of hydrogen-bond acceptors (Lipinski definition) is 5. The van der Waals surface area contributed by atoms with Crippen molar-refractivity contribution in [1.82, 2.24) is 10.2 Å². The molecule has 0 spiro atoms. The highest BCUT2D eigenvalue weighted by atomic mass is 16.5. The Kier molecular flexibility index (Phi) is 7.21. The van der Waals surface area contributed by atoms with E-state index in [2.05, 4.69) is 5.32 Å². The number of nitrogens with one attached hydrogen (secondary N) is 1. The number of benzene rings is 1. The summed E-state index contributed by atoms with van der Waals surface area (Å²) in [6.07, 6.45) is 0.929. The number of rotatable bonds is 7. The molecule has 0 unspecified atom stereocenters. The van der Waals surface area contributed by atoms with E-state index < -0.39 is 0 Å². The second-order valence-corrected chi connectivity index (χ2v) is 6.21. The van der Waals surface area contributed by atoms with Crippen LogP contribution in [-0.2, 0) is 20.7 Å². The maximum absolute atomic E-state index is 12.6. The minimum atomic E-state index is -0.268. The first kappa shape index (κ1) is 19.2. The monoisotopic (exact) mass is 350 g/mol. The average Bonchev–Trinajstić information content (AvgIpc) is 2.62. The summed E-state index contributed by atoms with van der Waals surface area (Å²) in [6, 6.07) is 7.15. The summed E-state index contributed by atoms with van der Waals surface area (Å²) in [4.78, 5) is 26.1. The van der Waals surface area contributed by atoms with Crippen LogP contribution in [0.4, 0.5) is 0 Å². The van der Waals surface area contributed by atoms with E-state index >= 15 is 0 Å². The summed E-state index contributed by atoms with van der Waals surface area (Å²) in [5.74, 6) is 0.416. The normalized spacial score (nSPS) is 20.2. The number of amides is 2. The van der Waals surface area contributed by atoms with Gasteiger partial charge in [-0.2, -0.15) is 0 Å². The molecule has 1 heterocycles. The van der Waals surface area contributed by atoms with Gasteiger partial charge in [-0.05, 0) is 24.1 Å². The number of piperidine rings is 1. The van der Waals surface area contributed by atoms with Gasteiger partial charge in [0.25, 0.3) is 0 Å². The van der Waals surface area contributed by atoms with Crippen molar-refractivity contribution >= 4 is 11.8 Å². The first-order chi connectivity index (χ1) is 12.1. The molecule has 1 aromatic rings. The maximum Gasteiger partial charge on any atom is 0.246 e. The van der Waals surface area contributed by atoms with Crippen molar-refractivity contribution in [2.24, 2.45) is 5.92 Å². The number of likely N-dealkylation sites (tertiary alicyclic amines) is 1. The quantitative estimate of drug-likeness (QED) is 0.734. The van der Waals surface area contributed by atoms with Crippen LogP contribution in [0.2, 0.25) is 0 Å². The lowest BCUT2D eigenvalue weighted by molar-refractivity contribution is -0.134. The highest BCUT2D eigenvalue weighted by Gasteiger charge is 2.32. The summed E-state index contributed by atoms with van der Waals surface area (Å²) in [6.45, 7) is 0.913. The standard InChI is InChI=1S/C18H26N2O5/c1-24-12-17(22)19-16-10-20(7-6-14(16)11-21)18(23)9-13-4-3-5-15(8-13)25-2/h3-5,8,14,16,21H,6-7,9-12H2,1-2H3,(H,19,22)/t14-,16-/m1/s1. The third-order valence-corrected chi connectivity index (χ3v) is 4.45. The summed E-state index contributed by atoms with van der Waals surface area (Å²) < 4.78 is 10.0. The van der Waals surface area contributed by atoms with Gasteiger partial charge in [-0.1, -0.05) is 12.1 Å². The second kappa shape index (κ2) is 9.39. The van der Waals surface area contributed by atoms with Crippen LogP contribution in [0.25, 0.3) is 0 Å². The third-order valence-electron chi connectivity index (χ3n) is 4.45. The van der Waals surface area contributed by atoms with Crippen molar-refractivity contribution in [3.05, 3.63) is 29.8 Å². The van der Waals surface area contributed by atoms with Gasteiger partial charge in [-0.3, -0.25) is 9.59 Å². The Morgan fingerprint density at radius 2 is 2.16 bits per heavy atom. The van der Waals surface area contributed by atoms with E-state index in [-0.39, 0.29) is 43.4 Å². The molecule has 2 atom stereocenters.